The van der Waals surface area contributed by atoms with E-state index in [1.807, 2.05) is 13.8 Å². The third-order valence-corrected chi connectivity index (χ3v) is 3.40. The van der Waals surface area contributed by atoms with Crippen molar-refractivity contribution in [2.45, 2.75) is 51.4 Å². The highest BCUT2D eigenvalue weighted by Crippen LogP contribution is 2.13. The lowest BCUT2D eigenvalue weighted by Crippen LogP contribution is -2.50. The molecule has 1 amide bonds. The number of halogens is 3. The van der Waals surface area contributed by atoms with Crippen molar-refractivity contribution < 1.29 is 37.8 Å². The fourth-order valence-electron chi connectivity index (χ4n) is 1.85. The van der Waals surface area contributed by atoms with Gasteiger partial charge in [0, 0.05) is 0 Å². The molecule has 4 N–H and O–H groups in total. The van der Waals surface area contributed by atoms with Crippen LogP contribution in [-0.4, -0.2) is 52.9 Å². The SMILES string of the molecule is CC[C@H](C)[C@H](NC(=O)[C@@H]1CCCN1)C(=O)O.O=C(O)C(F)(F)F. The Morgan fingerprint density at radius 1 is 1.30 bits per heavy atom. The second-order valence-electron chi connectivity index (χ2n) is 5.16. The Bertz CT molecular complexity index is 422. The molecule has 1 rings (SSSR count). The van der Waals surface area contributed by atoms with Crippen LogP contribution in [0.3, 0.4) is 0 Å². The van der Waals surface area contributed by atoms with Crippen LogP contribution >= 0.6 is 0 Å². The third kappa shape index (κ3) is 7.82. The molecule has 7 nitrogen and oxygen atoms in total. The number of carboxylic acids is 2. The molecule has 1 fully saturated rings. The highest BCUT2D eigenvalue weighted by molar-refractivity contribution is 5.87. The largest absolute Gasteiger partial charge is 0.490 e. The normalized spacial score (nSPS) is 20.0. The molecule has 0 aromatic carbocycles. The second-order valence-corrected chi connectivity index (χ2v) is 5.16. The van der Waals surface area contributed by atoms with Crippen molar-refractivity contribution in [2.75, 3.05) is 6.54 Å². The average molecular weight is 342 g/mol. The van der Waals surface area contributed by atoms with E-state index in [1.54, 1.807) is 0 Å². The van der Waals surface area contributed by atoms with E-state index in [0.717, 1.165) is 25.8 Å². The fraction of sp³-hybridized carbons (Fsp3) is 0.769. The van der Waals surface area contributed by atoms with E-state index in [0.29, 0.717) is 0 Å². The van der Waals surface area contributed by atoms with Crippen molar-refractivity contribution in [2.24, 2.45) is 5.92 Å². The molecule has 0 unspecified atom stereocenters. The lowest BCUT2D eigenvalue weighted by molar-refractivity contribution is -0.192. The molecule has 134 valence electrons. The van der Waals surface area contributed by atoms with Crippen molar-refractivity contribution in [1.82, 2.24) is 10.6 Å². The molecule has 1 heterocycles. The van der Waals surface area contributed by atoms with Gasteiger partial charge >= 0.3 is 18.1 Å². The molecule has 0 aliphatic carbocycles. The number of hydrogen-bond acceptors (Lipinski definition) is 4. The van der Waals surface area contributed by atoms with Crippen LogP contribution < -0.4 is 10.6 Å². The van der Waals surface area contributed by atoms with E-state index in [2.05, 4.69) is 10.6 Å². The molecular weight excluding hydrogens is 321 g/mol. The number of carbonyl (C=O) groups excluding carboxylic acids is 1. The van der Waals surface area contributed by atoms with E-state index in [9.17, 15) is 22.8 Å². The van der Waals surface area contributed by atoms with Gasteiger partial charge in [0.15, 0.2) is 0 Å². The van der Waals surface area contributed by atoms with Crippen LogP contribution in [0, 0.1) is 5.92 Å². The zero-order valence-electron chi connectivity index (χ0n) is 12.8. The van der Waals surface area contributed by atoms with Gasteiger partial charge in [0.05, 0.1) is 6.04 Å². The minimum atomic E-state index is -5.08. The van der Waals surface area contributed by atoms with E-state index < -0.39 is 24.2 Å². The fourth-order valence-corrected chi connectivity index (χ4v) is 1.85. The lowest BCUT2D eigenvalue weighted by Gasteiger charge is -2.22. The summed E-state index contributed by atoms with van der Waals surface area (Å²) in [6, 6.07) is -0.995. The van der Waals surface area contributed by atoms with E-state index in [4.69, 9.17) is 15.0 Å². The highest BCUT2D eigenvalue weighted by Gasteiger charge is 2.38. The third-order valence-electron chi connectivity index (χ3n) is 3.40. The van der Waals surface area contributed by atoms with Crippen LogP contribution in [0.25, 0.3) is 0 Å². The first-order chi connectivity index (χ1) is 10.5. The van der Waals surface area contributed by atoms with E-state index >= 15 is 0 Å². The Morgan fingerprint density at radius 3 is 2.13 bits per heavy atom. The van der Waals surface area contributed by atoms with Crippen LogP contribution in [0.4, 0.5) is 13.2 Å². The van der Waals surface area contributed by atoms with Gasteiger partial charge in [-0.3, -0.25) is 4.79 Å². The monoisotopic (exact) mass is 342 g/mol. The van der Waals surface area contributed by atoms with Gasteiger partial charge in [-0.15, -0.1) is 0 Å². The van der Waals surface area contributed by atoms with Crippen LogP contribution in [0.1, 0.15) is 33.1 Å². The summed E-state index contributed by atoms with van der Waals surface area (Å²) in [5.74, 6) is -3.96. The standard InChI is InChI=1S/C11H20N2O3.C2HF3O2/c1-3-7(2)9(11(15)16)13-10(14)8-5-4-6-12-8;3-2(4,5)1(6)7/h7-9,12H,3-6H2,1-2H3,(H,13,14)(H,15,16);(H,6,7)/t7-,8-,9-;/m0./s1. The molecular formula is C13H21F3N2O5. The van der Waals surface area contributed by atoms with Gasteiger partial charge in [-0.1, -0.05) is 20.3 Å². The zero-order valence-corrected chi connectivity index (χ0v) is 12.8. The summed E-state index contributed by atoms with van der Waals surface area (Å²) in [4.78, 5) is 31.7. The van der Waals surface area contributed by atoms with Crippen molar-refractivity contribution >= 4 is 17.8 Å². The molecule has 1 aliphatic heterocycles. The summed E-state index contributed by atoms with van der Waals surface area (Å²) in [5.41, 5.74) is 0. The molecule has 10 heteroatoms. The number of aliphatic carboxylic acids is 2. The smallest absolute Gasteiger partial charge is 0.480 e. The van der Waals surface area contributed by atoms with Gasteiger partial charge in [0.25, 0.3) is 0 Å². The summed E-state index contributed by atoms with van der Waals surface area (Å²) < 4.78 is 31.7. The molecule has 23 heavy (non-hydrogen) atoms. The maximum Gasteiger partial charge on any atom is 0.490 e. The maximum absolute atomic E-state index is 11.7. The lowest BCUT2D eigenvalue weighted by atomic mass is 9.99. The summed E-state index contributed by atoms with van der Waals surface area (Å²) >= 11 is 0. The van der Waals surface area contributed by atoms with Gasteiger partial charge in [0.1, 0.15) is 6.04 Å². The summed E-state index contributed by atoms with van der Waals surface area (Å²) in [6.45, 7) is 4.58. The number of hydrogen-bond donors (Lipinski definition) is 4. The van der Waals surface area contributed by atoms with Crippen molar-refractivity contribution in [3.8, 4) is 0 Å². The van der Waals surface area contributed by atoms with Crippen molar-refractivity contribution in [3.05, 3.63) is 0 Å². The van der Waals surface area contributed by atoms with E-state index in [-0.39, 0.29) is 17.9 Å². The molecule has 0 saturated carbocycles. The van der Waals surface area contributed by atoms with Gasteiger partial charge in [-0.25, -0.2) is 9.59 Å². The van der Waals surface area contributed by atoms with Crippen LogP contribution in [0.2, 0.25) is 0 Å². The minimum absolute atomic E-state index is 0.0529. The van der Waals surface area contributed by atoms with Crippen LogP contribution in [0.5, 0.6) is 0 Å². The van der Waals surface area contributed by atoms with Gasteiger partial charge in [-0.05, 0) is 25.3 Å². The Kier molecular flexibility index (Phi) is 8.59. The Labute approximate surface area is 131 Å². The number of nitrogens with one attached hydrogen (secondary N) is 2. The topological polar surface area (TPSA) is 116 Å². The number of carboxylic acid groups (broad SMARTS) is 2. The maximum atomic E-state index is 11.7. The predicted molar refractivity (Wildman–Crippen MR) is 73.7 cm³/mol. The van der Waals surface area contributed by atoms with Crippen molar-refractivity contribution in [1.29, 1.82) is 0 Å². The molecule has 1 saturated heterocycles. The number of amides is 1. The molecule has 0 bridgehead atoms. The second kappa shape index (κ2) is 9.33. The Hall–Kier alpha value is -1.84. The number of carbonyl (C=O) groups is 3. The summed E-state index contributed by atoms with van der Waals surface area (Å²) in [5, 5.41) is 21.8. The first kappa shape index (κ1) is 21.2. The van der Waals surface area contributed by atoms with Crippen LogP contribution in [0.15, 0.2) is 0 Å². The molecule has 0 radical (unpaired) electrons. The summed E-state index contributed by atoms with van der Waals surface area (Å²) in [6.07, 6.45) is -2.59. The van der Waals surface area contributed by atoms with E-state index in [1.165, 1.54) is 0 Å². The van der Waals surface area contributed by atoms with Crippen LogP contribution in [-0.2, 0) is 14.4 Å². The number of rotatable bonds is 5. The highest BCUT2D eigenvalue weighted by atomic mass is 19.4. The van der Waals surface area contributed by atoms with Crippen molar-refractivity contribution in [3.63, 3.8) is 0 Å². The van der Waals surface area contributed by atoms with Gasteiger partial charge < -0.3 is 20.8 Å². The molecule has 0 aromatic rings. The quantitative estimate of drug-likeness (QED) is 0.592. The Balaban J connectivity index is 0.000000585. The number of alkyl halides is 3. The molecule has 0 aromatic heterocycles. The molecule has 1 aliphatic rings. The molecule has 3 atom stereocenters. The minimum Gasteiger partial charge on any atom is -0.480 e. The van der Waals surface area contributed by atoms with Gasteiger partial charge in [0.2, 0.25) is 5.91 Å². The Morgan fingerprint density at radius 2 is 1.83 bits per heavy atom. The molecule has 0 spiro atoms. The first-order valence-electron chi connectivity index (χ1n) is 7.07. The first-order valence-corrected chi connectivity index (χ1v) is 7.07. The average Bonchev–Trinajstić information content (AvgIpc) is 2.97. The zero-order chi connectivity index (χ0) is 18.2. The predicted octanol–water partition coefficient (Wildman–Crippen LogP) is 0.987. The van der Waals surface area contributed by atoms with Gasteiger partial charge in [-0.2, -0.15) is 13.2 Å². The summed E-state index contributed by atoms with van der Waals surface area (Å²) in [7, 11) is 0.